The molecule has 6 nitrogen and oxygen atoms in total. The Labute approximate surface area is 147 Å². The van der Waals surface area contributed by atoms with E-state index >= 15 is 0 Å². The van der Waals surface area contributed by atoms with E-state index < -0.39 is 0 Å². The molecular weight excluding hydrogens is 323 g/mol. The minimum atomic E-state index is -0.333. The molecule has 3 rings (SSSR count). The normalized spacial score (nSPS) is 18.5. The van der Waals surface area contributed by atoms with Crippen LogP contribution in [0.25, 0.3) is 0 Å². The highest BCUT2D eigenvalue weighted by Gasteiger charge is 2.30. The Morgan fingerprint density at radius 2 is 1.76 bits per heavy atom. The van der Waals surface area contributed by atoms with E-state index in [0.29, 0.717) is 18.1 Å². The van der Waals surface area contributed by atoms with E-state index in [1.807, 2.05) is 4.90 Å². The number of nitrogens with one attached hydrogen (secondary N) is 2. The van der Waals surface area contributed by atoms with E-state index in [0.717, 1.165) is 45.6 Å². The van der Waals surface area contributed by atoms with Crippen LogP contribution in [0.4, 0.5) is 14.9 Å². The van der Waals surface area contributed by atoms with Gasteiger partial charge in [-0.1, -0.05) is 6.42 Å². The Morgan fingerprint density at radius 3 is 2.36 bits per heavy atom. The van der Waals surface area contributed by atoms with Crippen molar-refractivity contribution in [2.75, 3.05) is 44.6 Å². The third kappa shape index (κ3) is 4.92. The summed E-state index contributed by atoms with van der Waals surface area (Å²) in [6.07, 6.45) is 3.28. The minimum Gasteiger partial charge on any atom is -0.340 e. The van der Waals surface area contributed by atoms with Gasteiger partial charge in [-0.25, -0.2) is 9.18 Å². The van der Waals surface area contributed by atoms with Crippen molar-refractivity contribution in [3.8, 4) is 0 Å². The fourth-order valence-electron chi connectivity index (χ4n) is 3.14. The maximum Gasteiger partial charge on any atom is 0.319 e. The largest absolute Gasteiger partial charge is 0.340 e. The molecule has 136 valence electrons. The van der Waals surface area contributed by atoms with Crippen LogP contribution in [0.2, 0.25) is 0 Å². The van der Waals surface area contributed by atoms with Gasteiger partial charge in [0.1, 0.15) is 5.82 Å². The van der Waals surface area contributed by atoms with Crippen LogP contribution in [0.5, 0.6) is 0 Å². The first-order chi connectivity index (χ1) is 12.1. The minimum absolute atomic E-state index is 0.267. The lowest BCUT2D eigenvalue weighted by Crippen LogP contribution is -2.52. The first-order valence-electron chi connectivity index (χ1n) is 8.93. The number of anilines is 1. The van der Waals surface area contributed by atoms with Crippen LogP contribution in [0, 0.1) is 11.7 Å². The first-order valence-corrected chi connectivity index (χ1v) is 8.93. The van der Waals surface area contributed by atoms with Crippen LogP contribution in [0.15, 0.2) is 24.3 Å². The lowest BCUT2D eigenvalue weighted by Gasteiger charge is -2.38. The van der Waals surface area contributed by atoms with Crippen molar-refractivity contribution < 1.29 is 14.0 Å². The third-order valence-electron chi connectivity index (χ3n) is 4.95. The Kier molecular flexibility index (Phi) is 5.86. The monoisotopic (exact) mass is 348 g/mol. The Hall–Kier alpha value is -2.15. The van der Waals surface area contributed by atoms with Gasteiger partial charge in [0.05, 0.1) is 0 Å². The Balaban J connectivity index is 1.31. The number of amides is 3. The smallest absolute Gasteiger partial charge is 0.319 e. The van der Waals surface area contributed by atoms with Crippen molar-refractivity contribution in [2.45, 2.75) is 19.3 Å². The molecule has 3 amide bonds. The average Bonchev–Trinajstić information content (AvgIpc) is 2.56. The fraction of sp³-hybridized carbons (Fsp3) is 0.556. The highest BCUT2D eigenvalue weighted by atomic mass is 19.1. The number of hydrogen-bond donors (Lipinski definition) is 2. The maximum atomic E-state index is 12.8. The summed E-state index contributed by atoms with van der Waals surface area (Å²) in [7, 11) is 0. The predicted molar refractivity (Wildman–Crippen MR) is 93.8 cm³/mol. The van der Waals surface area contributed by atoms with Crippen LogP contribution in [-0.2, 0) is 4.79 Å². The van der Waals surface area contributed by atoms with Gasteiger partial charge in [-0.3, -0.25) is 9.69 Å². The van der Waals surface area contributed by atoms with Crippen molar-refractivity contribution in [2.24, 2.45) is 5.92 Å². The van der Waals surface area contributed by atoms with Gasteiger partial charge in [-0.05, 0) is 37.1 Å². The molecule has 7 heteroatoms. The zero-order valence-electron chi connectivity index (χ0n) is 14.3. The molecule has 0 radical (unpaired) electrons. The summed E-state index contributed by atoms with van der Waals surface area (Å²) < 4.78 is 12.8. The van der Waals surface area contributed by atoms with E-state index in [9.17, 15) is 14.0 Å². The van der Waals surface area contributed by atoms with Crippen LogP contribution < -0.4 is 10.6 Å². The summed E-state index contributed by atoms with van der Waals surface area (Å²) in [4.78, 5) is 28.2. The second kappa shape index (κ2) is 8.29. The molecule has 1 heterocycles. The molecule has 2 aliphatic rings. The Morgan fingerprint density at radius 1 is 1.08 bits per heavy atom. The molecule has 1 aliphatic carbocycles. The van der Waals surface area contributed by atoms with Crippen LogP contribution in [-0.4, -0.2) is 61.0 Å². The summed E-state index contributed by atoms with van der Waals surface area (Å²) in [5.74, 6) is 0.256. The second-order valence-electron chi connectivity index (χ2n) is 6.68. The third-order valence-corrected chi connectivity index (χ3v) is 4.95. The SMILES string of the molecule is O=C(NCCN1CCN(C(=O)C2CCC2)CC1)Nc1ccc(F)cc1. The van der Waals surface area contributed by atoms with Crippen LogP contribution in [0.3, 0.4) is 0 Å². The van der Waals surface area contributed by atoms with Gasteiger partial charge >= 0.3 is 6.03 Å². The Bertz CT molecular complexity index is 596. The number of urea groups is 1. The lowest BCUT2D eigenvalue weighted by atomic mass is 9.84. The number of rotatable bonds is 5. The van der Waals surface area contributed by atoms with E-state index in [-0.39, 0.29) is 17.8 Å². The summed E-state index contributed by atoms with van der Waals surface area (Å²) in [6.45, 7) is 4.53. The molecule has 0 bridgehead atoms. The van der Waals surface area contributed by atoms with Crippen LogP contribution >= 0.6 is 0 Å². The van der Waals surface area contributed by atoms with Gasteiger partial charge < -0.3 is 15.5 Å². The summed E-state index contributed by atoms with van der Waals surface area (Å²) in [5.41, 5.74) is 0.557. The molecule has 2 fully saturated rings. The standard InChI is InChI=1S/C18H25FN4O2/c19-15-4-6-16(7-5-15)21-18(25)20-8-9-22-10-12-23(13-11-22)17(24)14-2-1-3-14/h4-7,14H,1-3,8-13H2,(H2,20,21,25). The number of carbonyl (C=O) groups is 2. The maximum absolute atomic E-state index is 12.8. The second-order valence-corrected chi connectivity index (χ2v) is 6.68. The van der Waals surface area contributed by atoms with E-state index in [1.54, 1.807) is 0 Å². The van der Waals surface area contributed by atoms with E-state index in [2.05, 4.69) is 15.5 Å². The number of nitrogens with zero attached hydrogens (tertiary/aromatic N) is 2. The quantitative estimate of drug-likeness (QED) is 0.854. The number of benzene rings is 1. The summed E-state index contributed by atoms with van der Waals surface area (Å²) >= 11 is 0. The number of piperazine rings is 1. The van der Waals surface area contributed by atoms with Gasteiger partial charge in [0, 0.05) is 50.9 Å². The summed E-state index contributed by atoms with van der Waals surface area (Å²) in [6, 6.07) is 5.35. The van der Waals surface area contributed by atoms with Gasteiger partial charge in [-0.15, -0.1) is 0 Å². The van der Waals surface area contributed by atoms with Crippen molar-refractivity contribution in [1.82, 2.24) is 15.1 Å². The molecule has 1 aromatic carbocycles. The average molecular weight is 348 g/mol. The van der Waals surface area contributed by atoms with Gasteiger partial charge in [0.2, 0.25) is 5.91 Å². The molecule has 0 spiro atoms. The molecule has 1 saturated carbocycles. The first kappa shape index (κ1) is 17.7. The van der Waals surface area contributed by atoms with Gasteiger partial charge in [0.25, 0.3) is 0 Å². The molecule has 25 heavy (non-hydrogen) atoms. The predicted octanol–water partition coefficient (Wildman–Crippen LogP) is 1.89. The highest BCUT2D eigenvalue weighted by molar-refractivity contribution is 5.89. The molecule has 2 N–H and O–H groups in total. The lowest BCUT2D eigenvalue weighted by molar-refractivity contribution is -0.139. The highest BCUT2D eigenvalue weighted by Crippen LogP contribution is 2.28. The topological polar surface area (TPSA) is 64.7 Å². The molecule has 0 unspecified atom stereocenters. The van der Waals surface area contributed by atoms with Crippen molar-refractivity contribution in [3.05, 3.63) is 30.1 Å². The van der Waals surface area contributed by atoms with Crippen molar-refractivity contribution >= 4 is 17.6 Å². The molecule has 1 saturated heterocycles. The van der Waals surface area contributed by atoms with E-state index in [1.165, 1.54) is 30.7 Å². The summed E-state index contributed by atoms with van der Waals surface area (Å²) in [5, 5.41) is 5.46. The molecule has 0 atom stereocenters. The van der Waals surface area contributed by atoms with Crippen molar-refractivity contribution in [3.63, 3.8) is 0 Å². The number of hydrogen-bond acceptors (Lipinski definition) is 3. The van der Waals surface area contributed by atoms with Gasteiger partial charge in [0.15, 0.2) is 0 Å². The molecule has 1 aliphatic heterocycles. The number of carbonyl (C=O) groups excluding carboxylic acids is 2. The fourth-order valence-corrected chi connectivity index (χ4v) is 3.14. The molecule has 0 aromatic heterocycles. The van der Waals surface area contributed by atoms with Gasteiger partial charge in [-0.2, -0.15) is 0 Å². The van der Waals surface area contributed by atoms with Crippen LogP contribution in [0.1, 0.15) is 19.3 Å². The zero-order valence-corrected chi connectivity index (χ0v) is 14.3. The van der Waals surface area contributed by atoms with Crippen molar-refractivity contribution in [1.29, 1.82) is 0 Å². The number of halogens is 1. The zero-order chi connectivity index (χ0) is 17.6. The van der Waals surface area contributed by atoms with E-state index in [4.69, 9.17) is 0 Å². The molecule has 1 aromatic rings. The molecular formula is C18H25FN4O2.